The molecule has 0 bridgehead atoms. The van der Waals surface area contributed by atoms with E-state index in [1.807, 2.05) is 16.7 Å². The molecule has 6 heteroatoms. The highest BCUT2D eigenvalue weighted by Crippen LogP contribution is 2.30. The van der Waals surface area contributed by atoms with Crippen molar-refractivity contribution in [3.05, 3.63) is 29.3 Å². The van der Waals surface area contributed by atoms with Crippen LogP contribution in [0.3, 0.4) is 0 Å². The normalized spacial score (nSPS) is 23.4. The summed E-state index contributed by atoms with van der Waals surface area (Å²) in [6, 6.07) is 4.12. The van der Waals surface area contributed by atoms with Crippen molar-refractivity contribution in [3.63, 3.8) is 0 Å². The number of aromatic nitrogens is 4. The molecule has 1 aliphatic rings. The maximum Gasteiger partial charge on any atom is 0.195 e. The van der Waals surface area contributed by atoms with Crippen LogP contribution < -0.4 is 0 Å². The summed E-state index contributed by atoms with van der Waals surface area (Å²) in [6.45, 7) is 2.84. The lowest BCUT2D eigenvalue weighted by Crippen LogP contribution is -2.18. The Bertz CT molecular complexity index is 592. The number of rotatable bonds is 2. The minimum absolute atomic E-state index is 0.157. The van der Waals surface area contributed by atoms with Crippen molar-refractivity contribution >= 4 is 12.2 Å². The van der Waals surface area contributed by atoms with Crippen LogP contribution in [-0.4, -0.2) is 32.5 Å². The van der Waals surface area contributed by atoms with Crippen LogP contribution in [0.1, 0.15) is 19.4 Å². The molecule has 0 aromatic carbocycles. The molecule has 1 aliphatic heterocycles. The largest absolute Gasteiger partial charge is 0.376 e. The second-order valence-corrected chi connectivity index (χ2v) is 4.78. The topological polar surface area (TPSA) is 55.7 Å². The molecule has 1 N–H and O–H groups in total. The molecular weight excluding hydrogens is 248 g/mol. The maximum absolute atomic E-state index is 5.61. The number of hydrogen-bond acceptors (Lipinski definition) is 4. The Balaban J connectivity index is 2.10. The van der Waals surface area contributed by atoms with Crippen molar-refractivity contribution in [1.29, 1.82) is 0 Å². The number of aromatic amines is 1. The van der Waals surface area contributed by atoms with Crippen molar-refractivity contribution < 1.29 is 4.74 Å². The first-order valence-corrected chi connectivity index (χ1v) is 6.37. The molecular formula is C12H14N4OS. The molecule has 1 fully saturated rings. The van der Waals surface area contributed by atoms with E-state index in [0.29, 0.717) is 4.77 Å². The lowest BCUT2D eigenvalue weighted by molar-refractivity contribution is 0.107. The SMILES string of the molecule is CC1OCCC1n1c(-c2cccnc2)n[nH]c1=S. The van der Waals surface area contributed by atoms with Crippen molar-refractivity contribution in [3.8, 4) is 11.4 Å². The molecule has 0 amide bonds. The first-order valence-electron chi connectivity index (χ1n) is 5.96. The van der Waals surface area contributed by atoms with Gasteiger partial charge in [-0.15, -0.1) is 0 Å². The molecule has 0 radical (unpaired) electrons. The van der Waals surface area contributed by atoms with Gasteiger partial charge in [-0.2, -0.15) is 5.10 Å². The quantitative estimate of drug-likeness (QED) is 0.844. The van der Waals surface area contributed by atoms with E-state index in [4.69, 9.17) is 17.0 Å². The first kappa shape index (κ1) is 11.6. The van der Waals surface area contributed by atoms with E-state index in [1.165, 1.54) is 0 Å². The molecule has 0 spiro atoms. The van der Waals surface area contributed by atoms with Gasteiger partial charge < -0.3 is 4.74 Å². The molecule has 2 unspecified atom stereocenters. The Morgan fingerprint density at radius 1 is 1.56 bits per heavy atom. The highest BCUT2D eigenvalue weighted by atomic mass is 32.1. The number of H-pyrrole nitrogens is 1. The number of nitrogens with zero attached hydrogens (tertiary/aromatic N) is 3. The third-order valence-corrected chi connectivity index (χ3v) is 3.58. The molecule has 3 rings (SSSR count). The van der Waals surface area contributed by atoms with Crippen molar-refractivity contribution in [1.82, 2.24) is 19.7 Å². The zero-order chi connectivity index (χ0) is 12.5. The lowest BCUT2D eigenvalue weighted by atomic mass is 10.1. The Morgan fingerprint density at radius 3 is 3.11 bits per heavy atom. The highest BCUT2D eigenvalue weighted by molar-refractivity contribution is 7.71. The summed E-state index contributed by atoms with van der Waals surface area (Å²) in [5.41, 5.74) is 0.962. The predicted octanol–water partition coefficient (Wildman–Crippen LogP) is 2.35. The van der Waals surface area contributed by atoms with Crippen LogP contribution in [0.15, 0.2) is 24.5 Å². The smallest absolute Gasteiger partial charge is 0.195 e. The average molecular weight is 262 g/mol. The third kappa shape index (κ3) is 1.87. The zero-order valence-electron chi connectivity index (χ0n) is 10.0. The van der Waals surface area contributed by atoms with Crippen molar-refractivity contribution in [2.24, 2.45) is 0 Å². The van der Waals surface area contributed by atoms with Crippen molar-refractivity contribution in [2.45, 2.75) is 25.5 Å². The molecule has 0 aliphatic carbocycles. The first-order chi connectivity index (χ1) is 8.77. The summed E-state index contributed by atoms with van der Waals surface area (Å²) in [4.78, 5) is 4.12. The van der Waals surface area contributed by atoms with Crippen LogP contribution in [0.2, 0.25) is 0 Å². The molecule has 2 atom stereocenters. The minimum Gasteiger partial charge on any atom is -0.376 e. The van der Waals surface area contributed by atoms with Crippen LogP contribution in [-0.2, 0) is 4.74 Å². The lowest BCUT2D eigenvalue weighted by Gasteiger charge is -2.17. The van der Waals surface area contributed by atoms with E-state index in [2.05, 4.69) is 22.1 Å². The van der Waals surface area contributed by atoms with Crippen LogP contribution in [0.5, 0.6) is 0 Å². The van der Waals surface area contributed by atoms with Crippen LogP contribution in [0.4, 0.5) is 0 Å². The van der Waals surface area contributed by atoms with Gasteiger partial charge in [-0.3, -0.25) is 14.6 Å². The van der Waals surface area contributed by atoms with Crippen LogP contribution >= 0.6 is 12.2 Å². The highest BCUT2D eigenvalue weighted by Gasteiger charge is 2.29. The Kier molecular flexibility index (Phi) is 2.97. The number of nitrogens with one attached hydrogen (secondary N) is 1. The molecule has 2 aromatic rings. The number of pyridine rings is 1. The Labute approximate surface area is 110 Å². The van der Waals surface area contributed by atoms with Crippen molar-refractivity contribution in [2.75, 3.05) is 6.61 Å². The van der Waals surface area contributed by atoms with Gasteiger partial charge in [-0.05, 0) is 37.7 Å². The zero-order valence-corrected chi connectivity index (χ0v) is 10.9. The van der Waals surface area contributed by atoms with Gasteiger partial charge >= 0.3 is 0 Å². The van der Waals surface area contributed by atoms with Crippen LogP contribution in [0.25, 0.3) is 11.4 Å². The van der Waals surface area contributed by atoms with E-state index in [9.17, 15) is 0 Å². The van der Waals surface area contributed by atoms with E-state index in [-0.39, 0.29) is 12.1 Å². The van der Waals surface area contributed by atoms with Gasteiger partial charge in [0.25, 0.3) is 0 Å². The van der Waals surface area contributed by atoms with Gasteiger partial charge in [-0.1, -0.05) is 0 Å². The minimum atomic E-state index is 0.157. The van der Waals surface area contributed by atoms with Crippen LogP contribution in [0, 0.1) is 4.77 Å². The molecule has 94 valence electrons. The van der Waals surface area contributed by atoms with Gasteiger partial charge in [-0.25, -0.2) is 0 Å². The molecule has 2 aromatic heterocycles. The van der Waals surface area contributed by atoms with Gasteiger partial charge in [0.15, 0.2) is 10.6 Å². The second kappa shape index (κ2) is 4.62. The molecule has 5 nitrogen and oxygen atoms in total. The molecule has 3 heterocycles. The standard InChI is InChI=1S/C12H14N4OS/c1-8-10(4-6-17-8)16-11(14-15-12(16)18)9-3-2-5-13-7-9/h2-3,5,7-8,10H,4,6H2,1H3,(H,15,18). The molecule has 18 heavy (non-hydrogen) atoms. The van der Waals surface area contributed by atoms with Gasteiger partial charge in [0.05, 0.1) is 12.1 Å². The summed E-state index contributed by atoms with van der Waals surface area (Å²) >= 11 is 5.33. The summed E-state index contributed by atoms with van der Waals surface area (Å²) in [5, 5.41) is 7.18. The predicted molar refractivity (Wildman–Crippen MR) is 69.7 cm³/mol. The molecule has 0 saturated carbocycles. The monoisotopic (exact) mass is 262 g/mol. The van der Waals surface area contributed by atoms with E-state index in [0.717, 1.165) is 24.4 Å². The van der Waals surface area contributed by atoms with E-state index >= 15 is 0 Å². The van der Waals surface area contributed by atoms with E-state index in [1.54, 1.807) is 12.4 Å². The fraction of sp³-hybridized carbons (Fsp3) is 0.417. The Morgan fingerprint density at radius 2 is 2.44 bits per heavy atom. The average Bonchev–Trinajstić information content (AvgIpc) is 2.96. The molecule has 1 saturated heterocycles. The van der Waals surface area contributed by atoms with Gasteiger partial charge in [0.2, 0.25) is 0 Å². The summed E-state index contributed by atoms with van der Waals surface area (Å²) in [5.74, 6) is 0.829. The third-order valence-electron chi connectivity index (χ3n) is 3.29. The summed E-state index contributed by atoms with van der Waals surface area (Å²) < 4.78 is 8.29. The number of hydrogen-bond donors (Lipinski definition) is 1. The summed E-state index contributed by atoms with van der Waals surface area (Å²) in [6.07, 6.45) is 4.66. The maximum atomic E-state index is 5.61. The second-order valence-electron chi connectivity index (χ2n) is 4.40. The summed E-state index contributed by atoms with van der Waals surface area (Å²) in [7, 11) is 0. The number of ether oxygens (including phenoxy) is 1. The Hall–Kier alpha value is -1.53. The van der Waals surface area contributed by atoms with E-state index < -0.39 is 0 Å². The fourth-order valence-electron chi connectivity index (χ4n) is 2.37. The fourth-order valence-corrected chi connectivity index (χ4v) is 2.64. The van der Waals surface area contributed by atoms with Gasteiger partial charge in [0, 0.05) is 24.6 Å². The van der Waals surface area contributed by atoms with Gasteiger partial charge in [0.1, 0.15) is 0 Å².